The third kappa shape index (κ3) is 4.50. The highest BCUT2D eigenvalue weighted by Crippen LogP contribution is 2.46. The second-order valence-electron chi connectivity index (χ2n) is 10.4. The van der Waals surface area contributed by atoms with Gasteiger partial charge >= 0.3 is 5.91 Å². The number of aromatic nitrogens is 1. The summed E-state index contributed by atoms with van der Waals surface area (Å²) in [4.78, 5) is 33.7. The lowest BCUT2D eigenvalue weighted by molar-refractivity contribution is -0.132. The Kier molecular flexibility index (Phi) is 6.69. The van der Waals surface area contributed by atoms with Crippen LogP contribution in [0.15, 0.2) is 54.1 Å². The number of carbonyl (C=O) groups is 2. The highest BCUT2D eigenvalue weighted by molar-refractivity contribution is 7.22. The molecule has 1 saturated heterocycles. The average molecular weight is 571 g/mol. The molecule has 0 saturated carbocycles. The number of nitrogens with zero attached hydrogens (tertiary/aromatic N) is 2. The van der Waals surface area contributed by atoms with Gasteiger partial charge in [0.2, 0.25) is 0 Å². The largest absolute Gasteiger partial charge is 0.507 e. The third-order valence-corrected chi connectivity index (χ3v) is 8.44. The monoisotopic (exact) mass is 570 g/mol. The maximum atomic E-state index is 13.7. The van der Waals surface area contributed by atoms with Crippen molar-refractivity contribution in [2.24, 2.45) is 0 Å². The Hall–Kier alpha value is -4.37. The summed E-state index contributed by atoms with van der Waals surface area (Å²) >= 11 is 1.34. The molecular weight excluding hydrogens is 540 g/mol. The van der Waals surface area contributed by atoms with Crippen LogP contribution < -0.4 is 19.1 Å². The van der Waals surface area contributed by atoms with Gasteiger partial charge < -0.3 is 19.3 Å². The number of thiazole rings is 1. The molecule has 4 aromatic rings. The molecule has 2 aliphatic rings. The summed E-state index contributed by atoms with van der Waals surface area (Å²) in [5.74, 6) is -0.0425. The first-order valence-corrected chi connectivity index (χ1v) is 14.3. The van der Waals surface area contributed by atoms with Gasteiger partial charge in [-0.25, -0.2) is 4.98 Å². The lowest BCUT2D eigenvalue weighted by atomic mass is 9.94. The van der Waals surface area contributed by atoms with Crippen molar-refractivity contribution >= 4 is 44.1 Å². The van der Waals surface area contributed by atoms with Gasteiger partial charge in [-0.3, -0.25) is 14.5 Å². The zero-order valence-corrected chi connectivity index (χ0v) is 24.3. The number of amides is 1. The van der Waals surface area contributed by atoms with Gasteiger partial charge in [0.05, 0.1) is 35.5 Å². The zero-order valence-electron chi connectivity index (χ0n) is 23.5. The lowest BCUT2D eigenvalue weighted by Crippen LogP contribution is -2.29. The maximum absolute atomic E-state index is 13.7. The number of ketones is 1. The van der Waals surface area contributed by atoms with Crippen molar-refractivity contribution in [1.82, 2.24) is 4.98 Å². The summed E-state index contributed by atoms with van der Waals surface area (Å²) in [6.07, 6.45) is 0.713. The normalized spacial score (nSPS) is 19.5. The van der Waals surface area contributed by atoms with Crippen LogP contribution in [0.5, 0.6) is 17.2 Å². The van der Waals surface area contributed by atoms with E-state index >= 15 is 0 Å². The predicted molar refractivity (Wildman–Crippen MR) is 158 cm³/mol. The number of benzene rings is 3. The molecule has 0 spiro atoms. The molecule has 3 heterocycles. The van der Waals surface area contributed by atoms with E-state index in [9.17, 15) is 14.7 Å². The fraction of sp³-hybridized carbons (Fsp3) is 0.281. The van der Waals surface area contributed by atoms with Crippen molar-refractivity contribution < 1.29 is 28.9 Å². The summed E-state index contributed by atoms with van der Waals surface area (Å²) in [5, 5.41) is 12.0. The Bertz CT molecular complexity index is 1760. The highest BCUT2D eigenvalue weighted by atomic mass is 32.1. The molecule has 210 valence electrons. The average Bonchev–Trinajstić information content (AvgIpc) is 3.61. The summed E-state index contributed by atoms with van der Waals surface area (Å²) in [6.45, 7) is 8.28. The number of hydrogen-bond acceptors (Lipinski definition) is 8. The van der Waals surface area contributed by atoms with Gasteiger partial charge in [0.15, 0.2) is 16.6 Å². The standard InChI is InChI=1S/C32H30N2O6S/c1-6-39-23-10-7-19(15-24(23)38-5)28-26(29(35)20-8-9-22-21(14-20)13-18(4)40-22)30(36)31(37)34(28)32-33-27-17(3)11-16(2)12-25(27)41-32/h7-12,14-15,18,28,35H,6,13H2,1-5H3/t18-,28+/m1/s1. The number of aryl methyl sites for hydroxylation is 2. The molecular formula is C32H30N2O6S. The fourth-order valence-electron chi connectivity index (χ4n) is 5.66. The Morgan fingerprint density at radius 3 is 2.68 bits per heavy atom. The van der Waals surface area contributed by atoms with Crippen LogP contribution >= 0.6 is 11.3 Å². The molecule has 2 atom stereocenters. The van der Waals surface area contributed by atoms with Crippen LogP contribution in [0.3, 0.4) is 0 Å². The number of fused-ring (bicyclic) bond motifs is 2. The predicted octanol–water partition coefficient (Wildman–Crippen LogP) is 6.27. The van der Waals surface area contributed by atoms with E-state index in [1.54, 1.807) is 30.3 Å². The van der Waals surface area contributed by atoms with Crippen LogP contribution in [-0.4, -0.2) is 41.6 Å². The molecule has 8 nitrogen and oxygen atoms in total. The fourth-order valence-corrected chi connectivity index (χ4v) is 6.83. The smallest absolute Gasteiger partial charge is 0.301 e. The highest BCUT2D eigenvalue weighted by Gasteiger charge is 2.48. The summed E-state index contributed by atoms with van der Waals surface area (Å²) < 4.78 is 18.0. The Morgan fingerprint density at radius 1 is 1.12 bits per heavy atom. The van der Waals surface area contributed by atoms with Gasteiger partial charge in [-0.05, 0) is 86.3 Å². The topological polar surface area (TPSA) is 98.2 Å². The van der Waals surface area contributed by atoms with E-state index in [4.69, 9.17) is 19.2 Å². The number of rotatable bonds is 6. The number of ether oxygens (including phenoxy) is 3. The molecule has 1 aromatic heterocycles. The second kappa shape index (κ2) is 10.2. The van der Waals surface area contributed by atoms with Gasteiger partial charge in [-0.15, -0.1) is 0 Å². The van der Waals surface area contributed by atoms with Gasteiger partial charge in [-0.2, -0.15) is 0 Å². The van der Waals surface area contributed by atoms with Crippen molar-refractivity contribution in [3.05, 3.63) is 81.9 Å². The molecule has 0 aliphatic carbocycles. The molecule has 1 N–H and O–H groups in total. The van der Waals surface area contributed by atoms with E-state index < -0.39 is 17.7 Å². The summed E-state index contributed by atoms with van der Waals surface area (Å²) in [6, 6.07) is 13.7. The van der Waals surface area contributed by atoms with E-state index in [2.05, 4.69) is 0 Å². The van der Waals surface area contributed by atoms with Crippen molar-refractivity contribution in [2.45, 2.75) is 46.3 Å². The number of aliphatic hydroxyl groups excluding tert-OH is 1. The van der Waals surface area contributed by atoms with Crippen LogP contribution in [0.4, 0.5) is 5.13 Å². The van der Waals surface area contributed by atoms with Crippen LogP contribution in [0, 0.1) is 13.8 Å². The Balaban J connectivity index is 1.56. The number of anilines is 1. The van der Waals surface area contributed by atoms with Crippen LogP contribution in [0.1, 0.15) is 47.7 Å². The summed E-state index contributed by atoms with van der Waals surface area (Å²) in [7, 11) is 1.53. The SMILES string of the molecule is CCOc1ccc([C@H]2C(=C(O)c3ccc4c(c3)C[C@@H](C)O4)C(=O)C(=O)N2c2nc3c(C)cc(C)cc3s2)cc1OC. The van der Waals surface area contributed by atoms with Crippen LogP contribution in [0.25, 0.3) is 16.0 Å². The van der Waals surface area contributed by atoms with Gasteiger partial charge in [0.25, 0.3) is 5.78 Å². The number of Topliss-reactive ketones (excluding diaryl/α,β-unsaturated/α-hetero) is 1. The van der Waals surface area contributed by atoms with E-state index in [0.717, 1.165) is 32.7 Å². The van der Waals surface area contributed by atoms with E-state index in [0.29, 0.717) is 40.8 Å². The molecule has 2 aliphatic heterocycles. The Labute approximate surface area is 241 Å². The van der Waals surface area contributed by atoms with Crippen molar-refractivity contribution in [3.8, 4) is 17.2 Å². The van der Waals surface area contributed by atoms with Gasteiger partial charge in [0, 0.05) is 12.0 Å². The lowest BCUT2D eigenvalue weighted by Gasteiger charge is -2.24. The summed E-state index contributed by atoms with van der Waals surface area (Å²) in [5.41, 5.74) is 4.78. The van der Waals surface area contributed by atoms with Crippen molar-refractivity contribution in [2.75, 3.05) is 18.6 Å². The molecule has 0 radical (unpaired) electrons. The first kappa shape index (κ1) is 26.8. The first-order chi connectivity index (χ1) is 19.7. The first-order valence-electron chi connectivity index (χ1n) is 13.5. The number of hydrogen-bond donors (Lipinski definition) is 1. The van der Waals surface area contributed by atoms with Crippen LogP contribution in [-0.2, 0) is 16.0 Å². The molecule has 1 fully saturated rings. The Morgan fingerprint density at radius 2 is 1.93 bits per heavy atom. The van der Waals surface area contributed by atoms with Gasteiger partial charge in [0.1, 0.15) is 17.6 Å². The van der Waals surface area contributed by atoms with Crippen LogP contribution in [0.2, 0.25) is 0 Å². The molecule has 0 bridgehead atoms. The van der Waals surface area contributed by atoms with E-state index in [-0.39, 0.29) is 17.4 Å². The molecule has 9 heteroatoms. The second-order valence-corrected chi connectivity index (χ2v) is 11.4. The number of carbonyl (C=O) groups excluding carboxylic acids is 2. The number of aliphatic hydroxyl groups is 1. The molecule has 6 rings (SSSR count). The minimum atomic E-state index is -0.940. The number of methoxy groups -OCH3 is 1. The minimum absolute atomic E-state index is 0.0136. The van der Waals surface area contributed by atoms with Gasteiger partial charge in [-0.1, -0.05) is 23.5 Å². The van der Waals surface area contributed by atoms with Crippen molar-refractivity contribution in [1.29, 1.82) is 0 Å². The van der Waals surface area contributed by atoms with E-state index in [1.807, 2.05) is 45.9 Å². The molecule has 41 heavy (non-hydrogen) atoms. The molecule has 1 amide bonds. The van der Waals surface area contributed by atoms with E-state index in [1.165, 1.54) is 23.3 Å². The third-order valence-electron chi connectivity index (χ3n) is 7.44. The maximum Gasteiger partial charge on any atom is 0.301 e. The molecule has 3 aromatic carbocycles. The quantitative estimate of drug-likeness (QED) is 0.166. The minimum Gasteiger partial charge on any atom is -0.507 e. The van der Waals surface area contributed by atoms with Crippen molar-refractivity contribution in [3.63, 3.8) is 0 Å². The zero-order chi connectivity index (χ0) is 29.0. The molecule has 0 unspecified atom stereocenters.